The normalized spacial score (nSPS) is 24.9. The van der Waals surface area contributed by atoms with Crippen molar-refractivity contribution in [2.24, 2.45) is 4.99 Å². The smallest absolute Gasteiger partial charge is 0.271 e. The number of hydrogen-bond acceptors (Lipinski definition) is 4. The number of thiocarbonyl (C=S) groups is 1. The predicted octanol–water partition coefficient (Wildman–Crippen LogP) is -0.481. The molecular formula is C4H4N2O2S. The highest BCUT2D eigenvalue weighted by Gasteiger charge is 2.23. The second kappa shape index (κ2) is 2.68. The number of carbonyl (C=O) groups is 1. The van der Waals surface area contributed by atoms with Crippen molar-refractivity contribution >= 4 is 23.3 Å². The maximum absolute atomic E-state index is 10.5. The first-order chi connectivity index (χ1) is 4.34. The first kappa shape index (κ1) is 6.35. The van der Waals surface area contributed by atoms with E-state index in [4.69, 9.17) is 0 Å². The van der Waals surface area contributed by atoms with Gasteiger partial charge in [0.1, 0.15) is 6.61 Å². The third-order valence-corrected chi connectivity index (χ3v) is 1.03. The number of hydrogen-bond donors (Lipinski definition) is 1. The van der Waals surface area contributed by atoms with Crippen LogP contribution in [0.3, 0.4) is 0 Å². The summed E-state index contributed by atoms with van der Waals surface area (Å²) in [4.78, 5) is 18.6. The summed E-state index contributed by atoms with van der Waals surface area (Å²) in [5.74, 6) is -0.257. The number of aliphatic imine (C=N–C) groups is 1. The topological polar surface area (TPSA) is 50.7 Å². The van der Waals surface area contributed by atoms with Gasteiger partial charge in [-0.1, -0.05) is 0 Å². The van der Waals surface area contributed by atoms with Gasteiger partial charge in [-0.2, -0.15) is 0 Å². The molecule has 5 heteroatoms. The molecule has 1 fully saturated rings. The number of hydroxylamine groups is 1. The molecule has 1 aliphatic rings. The van der Waals surface area contributed by atoms with Crippen molar-refractivity contribution in [2.75, 3.05) is 6.61 Å². The summed E-state index contributed by atoms with van der Waals surface area (Å²) in [6, 6.07) is -0.484. The number of isothiocyanates is 1. The summed E-state index contributed by atoms with van der Waals surface area (Å²) in [6.07, 6.45) is 0. The van der Waals surface area contributed by atoms with Gasteiger partial charge in [-0.05, 0) is 12.2 Å². The average molecular weight is 144 g/mol. The van der Waals surface area contributed by atoms with Crippen molar-refractivity contribution in [1.29, 1.82) is 0 Å². The van der Waals surface area contributed by atoms with E-state index >= 15 is 0 Å². The van der Waals surface area contributed by atoms with E-state index in [0.717, 1.165) is 0 Å². The molecule has 1 aliphatic heterocycles. The van der Waals surface area contributed by atoms with E-state index in [1.54, 1.807) is 0 Å². The molecule has 0 spiro atoms. The molecule has 0 radical (unpaired) electrons. The van der Waals surface area contributed by atoms with Crippen molar-refractivity contribution in [3.05, 3.63) is 0 Å². The summed E-state index contributed by atoms with van der Waals surface area (Å²) >= 11 is 4.29. The van der Waals surface area contributed by atoms with Crippen LogP contribution in [0.4, 0.5) is 0 Å². The van der Waals surface area contributed by atoms with Crippen molar-refractivity contribution < 1.29 is 9.63 Å². The Morgan fingerprint density at radius 1 is 2.00 bits per heavy atom. The molecule has 9 heavy (non-hydrogen) atoms. The largest absolute Gasteiger partial charge is 0.271 e. The van der Waals surface area contributed by atoms with Crippen molar-refractivity contribution in [2.45, 2.75) is 6.04 Å². The number of rotatable bonds is 1. The summed E-state index contributed by atoms with van der Waals surface area (Å²) in [5.41, 5.74) is 2.14. The molecule has 1 rings (SSSR count). The number of nitrogens with zero attached hydrogens (tertiary/aromatic N) is 1. The van der Waals surface area contributed by atoms with Gasteiger partial charge in [0.25, 0.3) is 5.91 Å². The van der Waals surface area contributed by atoms with Crippen molar-refractivity contribution in [3.63, 3.8) is 0 Å². The molecule has 0 aliphatic carbocycles. The molecule has 1 heterocycles. The van der Waals surface area contributed by atoms with E-state index in [1.807, 2.05) is 0 Å². The van der Waals surface area contributed by atoms with Crippen LogP contribution in [0.5, 0.6) is 0 Å². The van der Waals surface area contributed by atoms with Gasteiger partial charge in [0.2, 0.25) is 0 Å². The summed E-state index contributed by atoms with van der Waals surface area (Å²) in [7, 11) is 0. The zero-order valence-electron chi connectivity index (χ0n) is 4.46. The van der Waals surface area contributed by atoms with Gasteiger partial charge in [0.15, 0.2) is 6.04 Å². The van der Waals surface area contributed by atoms with Gasteiger partial charge in [-0.3, -0.25) is 9.63 Å². The minimum Gasteiger partial charge on any atom is -0.271 e. The van der Waals surface area contributed by atoms with E-state index < -0.39 is 6.04 Å². The minimum absolute atomic E-state index is 0.252. The molecule has 0 aromatic carbocycles. The molecule has 1 N–H and O–H groups in total. The third-order valence-electron chi connectivity index (χ3n) is 0.925. The molecule has 0 saturated carbocycles. The highest BCUT2D eigenvalue weighted by Crippen LogP contribution is 1.97. The maximum Gasteiger partial charge on any atom is 0.271 e. The Labute approximate surface area is 56.9 Å². The van der Waals surface area contributed by atoms with E-state index in [9.17, 15) is 4.79 Å². The predicted molar refractivity (Wildman–Crippen MR) is 32.9 cm³/mol. The average Bonchev–Trinajstić information content (AvgIpc) is 2.18. The fourth-order valence-corrected chi connectivity index (χ4v) is 0.622. The number of carbonyl (C=O) groups excluding carboxylic acids is 1. The summed E-state index contributed by atoms with van der Waals surface area (Å²) in [5, 5.41) is 2.11. The van der Waals surface area contributed by atoms with Crippen LogP contribution in [0.25, 0.3) is 0 Å². The van der Waals surface area contributed by atoms with Crippen LogP contribution in [0.15, 0.2) is 4.99 Å². The Hall–Kier alpha value is -0.770. The number of nitrogens with one attached hydrogen (secondary N) is 1. The van der Waals surface area contributed by atoms with Crippen LogP contribution in [0, 0.1) is 0 Å². The van der Waals surface area contributed by atoms with Gasteiger partial charge < -0.3 is 0 Å². The van der Waals surface area contributed by atoms with Crippen molar-refractivity contribution in [1.82, 2.24) is 5.48 Å². The second-order valence-electron chi connectivity index (χ2n) is 1.51. The second-order valence-corrected chi connectivity index (χ2v) is 1.70. The molecule has 1 atom stereocenters. The quantitative estimate of drug-likeness (QED) is 0.399. The van der Waals surface area contributed by atoms with Crippen LogP contribution in [0.1, 0.15) is 0 Å². The Bertz CT molecular complexity index is 175. The minimum atomic E-state index is -0.484. The molecule has 1 saturated heterocycles. The fraction of sp³-hybridized carbons (Fsp3) is 0.500. The zero-order chi connectivity index (χ0) is 6.69. The van der Waals surface area contributed by atoms with Crippen LogP contribution in [-0.4, -0.2) is 23.7 Å². The maximum atomic E-state index is 10.5. The molecule has 0 aromatic rings. The molecule has 4 nitrogen and oxygen atoms in total. The van der Waals surface area contributed by atoms with Gasteiger partial charge in [0.05, 0.1) is 5.16 Å². The van der Waals surface area contributed by atoms with Gasteiger partial charge in [-0.25, -0.2) is 10.5 Å². The summed E-state index contributed by atoms with van der Waals surface area (Å²) < 4.78 is 0. The monoisotopic (exact) mass is 144 g/mol. The van der Waals surface area contributed by atoms with Gasteiger partial charge in [0, 0.05) is 0 Å². The standard InChI is InChI=1S/C4H4N2O2S/c7-4-3(5-2-9)1-8-6-4/h3H,1H2,(H,6,7). The lowest BCUT2D eigenvalue weighted by Gasteiger charge is -1.88. The lowest BCUT2D eigenvalue weighted by Crippen LogP contribution is -2.21. The van der Waals surface area contributed by atoms with Crippen LogP contribution < -0.4 is 5.48 Å². The molecule has 0 bridgehead atoms. The van der Waals surface area contributed by atoms with E-state index in [-0.39, 0.29) is 12.5 Å². The van der Waals surface area contributed by atoms with Crippen LogP contribution in [-0.2, 0) is 9.63 Å². The first-order valence-electron chi connectivity index (χ1n) is 2.33. The van der Waals surface area contributed by atoms with Crippen LogP contribution >= 0.6 is 12.2 Å². The molecule has 1 unspecified atom stereocenters. The lowest BCUT2D eigenvalue weighted by atomic mass is 10.3. The zero-order valence-corrected chi connectivity index (χ0v) is 5.27. The third kappa shape index (κ3) is 1.32. The molecule has 0 aromatic heterocycles. The molecule has 48 valence electrons. The van der Waals surface area contributed by atoms with Crippen molar-refractivity contribution in [3.8, 4) is 0 Å². The first-order valence-corrected chi connectivity index (χ1v) is 2.74. The molecular weight excluding hydrogens is 140 g/mol. The highest BCUT2D eigenvalue weighted by atomic mass is 32.1. The Morgan fingerprint density at radius 2 is 2.78 bits per heavy atom. The van der Waals surface area contributed by atoms with Gasteiger partial charge in [-0.15, -0.1) is 0 Å². The van der Waals surface area contributed by atoms with Crippen LogP contribution in [0.2, 0.25) is 0 Å². The van der Waals surface area contributed by atoms with E-state index in [0.29, 0.717) is 0 Å². The fourth-order valence-electron chi connectivity index (χ4n) is 0.495. The Balaban J connectivity index is 2.59. The SMILES string of the molecule is O=C1NOCC1N=C=S. The van der Waals surface area contributed by atoms with E-state index in [2.05, 4.69) is 32.7 Å². The van der Waals surface area contributed by atoms with E-state index in [1.165, 1.54) is 0 Å². The highest BCUT2D eigenvalue weighted by molar-refractivity contribution is 7.78. The molecule has 1 amide bonds. The number of amides is 1. The van der Waals surface area contributed by atoms with Gasteiger partial charge >= 0.3 is 0 Å². The lowest BCUT2D eigenvalue weighted by molar-refractivity contribution is -0.124. The Morgan fingerprint density at radius 3 is 3.22 bits per heavy atom. The Kier molecular flexibility index (Phi) is 1.89. The summed E-state index contributed by atoms with van der Waals surface area (Å²) in [6.45, 7) is 0.252.